The summed E-state index contributed by atoms with van der Waals surface area (Å²) in [5.41, 5.74) is 2.10. The van der Waals surface area contributed by atoms with Crippen LogP contribution >= 0.6 is 0 Å². The summed E-state index contributed by atoms with van der Waals surface area (Å²) in [5, 5.41) is 0. The van der Waals surface area contributed by atoms with Crippen LogP contribution in [-0.4, -0.2) is 18.7 Å². The standard InChI is InChI=1S/C14H15NO3/c1-11(2)14(17)18-9-3-4-12-5-7-13(8-6-12)15-10-16/h5-8H,1,3-4,9H2,2H3. The van der Waals surface area contributed by atoms with Crippen LogP contribution in [0.15, 0.2) is 41.4 Å². The summed E-state index contributed by atoms with van der Waals surface area (Å²) in [6, 6.07) is 7.27. The van der Waals surface area contributed by atoms with Gasteiger partial charge in [-0.15, -0.1) is 0 Å². The minimum Gasteiger partial charge on any atom is -0.462 e. The van der Waals surface area contributed by atoms with Gasteiger partial charge in [0.2, 0.25) is 6.08 Å². The number of aliphatic imine (C=N–C) groups is 1. The Labute approximate surface area is 106 Å². The van der Waals surface area contributed by atoms with E-state index in [1.165, 1.54) is 6.08 Å². The van der Waals surface area contributed by atoms with Gasteiger partial charge in [-0.2, -0.15) is 4.99 Å². The summed E-state index contributed by atoms with van der Waals surface area (Å²) in [4.78, 5) is 24.6. The first kappa shape index (κ1) is 13.9. The second-order valence-corrected chi connectivity index (χ2v) is 3.89. The summed E-state index contributed by atoms with van der Waals surface area (Å²) < 4.78 is 4.98. The summed E-state index contributed by atoms with van der Waals surface area (Å²) in [7, 11) is 0. The van der Waals surface area contributed by atoms with Crippen molar-refractivity contribution in [1.82, 2.24) is 0 Å². The lowest BCUT2D eigenvalue weighted by molar-refractivity contribution is -0.139. The van der Waals surface area contributed by atoms with Crippen molar-refractivity contribution >= 4 is 17.7 Å². The Kier molecular flexibility index (Phi) is 5.55. The van der Waals surface area contributed by atoms with Gasteiger partial charge in [0.1, 0.15) is 0 Å². The monoisotopic (exact) mass is 245 g/mol. The van der Waals surface area contributed by atoms with Crippen molar-refractivity contribution in [2.24, 2.45) is 4.99 Å². The lowest BCUT2D eigenvalue weighted by Crippen LogP contribution is -2.06. The fourth-order valence-electron chi connectivity index (χ4n) is 1.35. The lowest BCUT2D eigenvalue weighted by Gasteiger charge is -2.04. The van der Waals surface area contributed by atoms with Crippen molar-refractivity contribution in [3.05, 3.63) is 42.0 Å². The smallest absolute Gasteiger partial charge is 0.333 e. The third-order valence-corrected chi connectivity index (χ3v) is 2.30. The summed E-state index contributed by atoms with van der Waals surface area (Å²) >= 11 is 0. The maximum Gasteiger partial charge on any atom is 0.333 e. The van der Waals surface area contributed by atoms with Gasteiger partial charge in [0.15, 0.2) is 0 Å². The molecule has 0 unspecified atom stereocenters. The average Bonchev–Trinajstić information content (AvgIpc) is 2.36. The molecule has 0 spiro atoms. The largest absolute Gasteiger partial charge is 0.462 e. The molecule has 4 nitrogen and oxygen atoms in total. The van der Waals surface area contributed by atoms with E-state index in [0.717, 1.165) is 18.4 Å². The second-order valence-electron chi connectivity index (χ2n) is 3.89. The van der Waals surface area contributed by atoms with E-state index < -0.39 is 0 Å². The van der Waals surface area contributed by atoms with Crippen LogP contribution in [0, 0.1) is 0 Å². The Hall–Kier alpha value is -2.19. The highest BCUT2D eigenvalue weighted by atomic mass is 16.5. The molecule has 0 aromatic heterocycles. The maximum atomic E-state index is 11.1. The molecule has 0 saturated heterocycles. The van der Waals surface area contributed by atoms with Gasteiger partial charge in [0.25, 0.3) is 0 Å². The van der Waals surface area contributed by atoms with E-state index >= 15 is 0 Å². The highest BCUT2D eigenvalue weighted by Gasteiger charge is 2.02. The number of carbonyl (C=O) groups is 1. The Bertz CT molecular complexity index is 470. The zero-order valence-electron chi connectivity index (χ0n) is 10.3. The number of carbonyl (C=O) groups excluding carboxylic acids is 2. The molecule has 0 fully saturated rings. The molecule has 94 valence electrons. The van der Waals surface area contributed by atoms with Gasteiger partial charge in [0.05, 0.1) is 12.3 Å². The molecule has 1 rings (SSSR count). The number of hydrogen-bond acceptors (Lipinski definition) is 4. The van der Waals surface area contributed by atoms with Crippen LogP contribution in [-0.2, 0) is 20.7 Å². The first-order chi connectivity index (χ1) is 8.63. The minimum absolute atomic E-state index is 0.356. The molecule has 0 aliphatic heterocycles. The molecule has 0 atom stereocenters. The maximum absolute atomic E-state index is 11.1. The van der Waals surface area contributed by atoms with Crippen LogP contribution in [0.5, 0.6) is 0 Å². The van der Waals surface area contributed by atoms with Crippen LogP contribution in [0.25, 0.3) is 0 Å². The third kappa shape index (κ3) is 4.76. The van der Waals surface area contributed by atoms with Gasteiger partial charge in [-0.25, -0.2) is 9.59 Å². The topological polar surface area (TPSA) is 55.7 Å². The highest BCUT2D eigenvalue weighted by Crippen LogP contribution is 2.13. The van der Waals surface area contributed by atoms with Crippen LogP contribution < -0.4 is 0 Å². The number of isocyanates is 1. The predicted octanol–water partition coefficient (Wildman–Crippen LogP) is 2.71. The number of ether oxygens (including phenoxy) is 1. The minimum atomic E-state index is -0.356. The van der Waals surface area contributed by atoms with Gasteiger partial charge in [0, 0.05) is 5.57 Å². The zero-order valence-corrected chi connectivity index (χ0v) is 10.3. The molecule has 4 heteroatoms. The fraction of sp³-hybridized carbons (Fsp3) is 0.286. The summed E-state index contributed by atoms with van der Waals surface area (Å²) in [6.07, 6.45) is 3.03. The SMILES string of the molecule is C=C(C)C(=O)OCCCc1ccc(N=C=O)cc1. The molecule has 1 aromatic rings. The first-order valence-corrected chi connectivity index (χ1v) is 5.63. The van der Waals surface area contributed by atoms with E-state index in [0.29, 0.717) is 17.9 Å². The number of aryl methyl sites for hydroxylation is 1. The highest BCUT2D eigenvalue weighted by molar-refractivity contribution is 5.86. The number of benzene rings is 1. The van der Waals surface area contributed by atoms with Crippen molar-refractivity contribution in [1.29, 1.82) is 0 Å². The van der Waals surface area contributed by atoms with Crippen molar-refractivity contribution < 1.29 is 14.3 Å². The third-order valence-electron chi connectivity index (χ3n) is 2.30. The van der Waals surface area contributed by atoms with E-state index in [-0.39, 0.29) is 5.97 Å². The fourth-order valence-corrected chi connectivity index (χ4v) is 1.35. The van der Waals surface area contributed by atoms with Gasteiger partial charge < -0.3 is 4.74 Å². The van der Waals surface area contributed by atoms with E-state index in [2.05, 4.69) is 11.6 Å². The van der Waals surface area contributed by atoms with Crippen molar-refractivity contribution in [2.45, 2.75) is 19.8 Å². The molecule has 0 saturated carbocycles. The van der Waals surface area contributed by atoms with E-state index in [1.54, 1.807) is 19.1 Å². The quantitative estimate of drug-likeness (QED) is 0.254. The molecule has 0 amide bonds. The molecule has 0 bridgehead atoms. The molecule has 0 radical (unpaired) electrons. The predicted molar refractivity (Wildman–Crippen MR) is 68.3 cm³/mol. The zero-order chi connectivity index (χ0) is 13.4. The average molecular weight is 245 g/mol. The second kappa shape index (κ2) is 7.20. The molecular formula is C14H15NO3. The summed E-state index contributed by atoms with van der Waals surface area (Å²) in [6.45, 7) is 5.50. The van der Waals surface area contributed by atoms with E-state index in [9.17, 15) is 9.59 Å². The lowest BCUT2D eigenvalue weighted by atomic mass is 10.1. The van der Waals surface area contributed by atoms with Gasteiger partial charge in [-0.1, -0.05) is 18.7 Å². The number of esters is 1. The molecule has 0 aliphatic carbocycles. The van der Waals surface area contributed by atoms with Crippen molar-refractivity contribution in [3.63, 3.8) is 0 Å². The van der Waals surface area contributed by atoms with Crippen molar-refractivity contribution in [3.8, 4) is 0 Å². The Morgan fingerprint density at radius 3 is 2.61 bits per heavy atom. The number of rotatable bonds is 6. The molecule has 0 N–H and O–H groups in total. The van der Waals surface area contributed by atoms with Crippen LogP contribution in [0.4, 0.5) is 5.69 Å². The number of nitrogens with zero attached hydrogens (tertiary/aromatic N) is 1. The normalized spacial score (nSPS) is 9.39. The Morgan fingerprint density at radius 1 is 1.39 bits per heavy atom. The van der Waals surface area contributed by atoms with Crippen LogP contribution in [0.2, 0.25) is 0 Å². The van der Waals surface area contributed by atoms with Crippen molar-refractivity contribution in [2.75, 3.05) is 6.61 Å². The summed E-state index contributed by atoms with van der Waals surface area (Å²) in [5.74, 6) is -0.356. The first-order valence-electron chi connectivity index (χ1n) is 5.63. The van der Waals surface area contributed by atoms with E-state index in [1.807, 2.05) is 12.1 Å². The van der Waals surface area contributed by atoms with Crippen LogP contribution in [0.3, 0.4) is 0 Å². The molecule has 0 aliphatic rings. The number of hydrogen-bond donors (Lipinski definition) is 0. The van der Waals surface area contributed by atoms with Gasteiger partial charge in [-0.3, -0.25) is 0 Å². The van der Waals surface area contributed by atoms with E-state index in [4.69, 9.17) is 4.74 Å². The molecule has 0 heterocycles. The molecule has 1 aromatic carbocycles. The molecular weight excluding hydrogens is 230 g/mol. The Morgan fingerprint density at radius 2 is 2.06 bits per heavy atom. The molecule has 18 heavy (non-hydrogen) atoms. The Balaban J connectivity index is 2.33. The van der Waals surface area contributed by atoms with Crippen LogP contribution in [0.1, 0.15) is 18.9 Å². The van der Waals surface area contributed by atoms with Gasteiger partial charge in [-0.05, 0) is 37.5 Å². The van der Waals surface area contributed by atoms with Gasteiger partial charge >= 0.3 is 5.97 Å².